The fourth-order valence-corrected chi connectivity index (χ4v) is 2.84. The van der Waals surface area contributed by atoms with Crippen molar-refractivity contribution < 1.29 is 22.8 Å². The van der Waals surface area contributed by atoms with Crippen LogP contribution in [0.5, 0.6) is 0 Å². The average Bonchev–Trinajstić information content (AvgIpc) is 3.33. The predicted octanol–water partition coefficient (Wildman–Crippen LogP) is 2.68. The van der Waals surface area contributed by atoms with Gasteiger partial charge in [0.15, 0.2) is 0 Å². The Morgan fingerprint density at radius 1 is 1.22 bits per heavy atom. The van der Waals surface area contributed by atoms with Crippen LogP contribution in [0.25, 0.3) is 0 Å². The van der Waals surface area contributed by atoms with Gasteiger partial charge < -0.3 is 9.80 Å². The molecule has 2 fully saturated rings. The lowest BCUT2D eigenvalue weighted by Crippen LogP contribution is -2.58. The molecule has 2 amide bonds. The predicted molar refractivity (Wildman–Crippen MR) is 77.7 cm³/mol. The Hall–Kier alpha value is -2.05. The van der Waals surface area contributed by atoms with Crippen molar-refractivity contribution in [1.29, 1.82) is 0 Å². The van der Waals surface area contributed by atoms with Gasteiger partial charge in [0.2, 0.25) is 11.8 Å². The number of benzene rings is 1. The molecule has 1 saturated carbocycles. The van der Waals surface area contributed by atoms with Crippen molar-refractivity contribution in [2.45, 2.75) is 32.0 Å². The number of hydrogen-bond donors (Lipinski definition) is 0. The third-order valence-electron chi connectivity index (χ3n) is 4.35. The first kappa shape index (κ1) is 15.8. The number of carbonyl (C=O) groups excluding carboxylic acids is 2. The molecule has 2 aliphatic rings. The molecular formula is C16H17F3N2O2. The van der Waals surface area contributed by atoms with E-state index in [1.54, 1.807) is 11.8 Å². The zero-order valence-corrected chi connectivity index (χ0v) is 12.6. The fourth-order valence-electron chi connectivity index (χ4n) is 2.84. The number of piperazine rings is 1. The third-order valence-corrected chi connectivity index (χ3v) is 4.35. The lowest BCUT2D eigenvalue weighted by atomic mass is 10.1. The standard InChI is InChI=1S/C16H17F3N2O2/c1-10-14(22)21(8-7-20(10)15(23)11-5-6-11)13-4-2-3-12(9-13)16(17,18)19/h2-4,9-11H,5-8H2,1H3. The van der Waals surface area contributed by atoms with Crippen LogP contribution in [0.15, 0.2) is 24.3 Å². The van der Waals surface area contributed by atoms with E-state index in [0.717, 1.165) is 25.0 Å². The molecule has 0 aromatic heterocycles. The summed E-state index contributed by atoms with van der Waals surface area (Å²) in [6.45, 7) is 2.18. The summed E-state index contributed by atoms with van der Waals surface area (Å²) >= 11 is 0. The third kappa shape index (κ3) is 3.04. The lowest BCUT2D eigenvalue weighted by Gasteiger charge is -2.39. The van der Waals surface area contributed by atoms with Crippen LogP contribution in [0.1, 0.15) is 25.3 Å². The molecule has 7 heteroatoms. The van der Waals surface area contributed by atoms with Gasteiger partial charge in [0.05, 0.1) is 5.56 Å². The molecule has 23 heavy (non-hydrogen) atoms. The Balaban J connectivity index is 1.80. The smallest absolute Gasteiger partial charge is 0.329 e. The molecule has 1 aromatic rings. The van der Waals surface area contributed by atoms with Crippen LogP contribution < -0.4 is 4.90 Å². The number of hydrogen-bond acceptors (Lipinski definition) is 2. The first-order valence-electron chi connectivity index (χ1n) is 7.58. The maximum atomic E-state index is 12.8. The van der Waals surface area contributed by atoms with Crippen molar-refractivity contribution in [3.05, 3.63) is 29.8 Å². The minimum Gasteiger partial charge on any atom is -0.329 e. The highest BCUT2D eigenvalue weighted by Crippen LogP contribution is 2.34. The number of rotatable bonds is 2. The van der Waals surface area contributed by atoms with Gasteiger partial charge in [-0.2, -0.15) is 13.2 Å². The van der Waals surface area contributed by atoms with E-state index in [2.05, 4.69) is 0 Å². The van der Waals surface area contributed by atoms with E-state index in [-0.39, 0.29) is 30.0 Å². The SMILES string of the molecule is CC1C(=O)N(c2cccc(C(F)(F)F)c2)CCN1C(=O)C1CC1. The summed E-state index contributed by atoms with van der Waals surface area (Å²) in [6.07, 6.45) is -2.74. The van der Waals surface area contributed by atoms with Crippen molar-refractivity contribution >= 4 is 17.5 Å². The molecule has 1 heterocycles. The minimum atomic E-state index is -4.45. The number of alkyl halides is 3. The second kappa shape index (κ2) is 5.54. The fraction of sp³-hybridized carbons (Fsp3) is 0.500. The highest BCUT2D eigenvalue weighted by atomic mass is 19.4. The molecule has 1 atom stereocenters. The molecule has 124 valence electrons. The highest BCUT2D eigenvalue weighted by Gasteiger charge is 2.41. The second-order valence-electron chi connectivity index (χ2n) is 6.02. The van der Waals surface area contributed by atoms with E-state index < -0.39 is 17.8 Å². The molecular weight excluding hydrogens is 309 g/mol. The highest BCUT2D eigenvalue weighted by molar-refractivity contribution is 6.00. The van der Waals surface area contributed by atoms with Gasteiger partial charge in [-0.1, -0.05) is 6.07 Å². The van der Waals surface area contributed by atoms with Gasteiger partial charge in [-0.05, 0) is 38.0 Å². The van der Waals surface area contributed by atoms with E-state index in [4.69, 9.17) is 0 Å². The van der Waals surface area contributed by atoms with Crippen LogP contribution >= 0.6 is 0 Å². The zero-order chi connectivity index (χ0) is 16.8. The van der Waals surface area contributed by atoms with E-state index in [9.17, 15) is 22.8 Å². The molecule has 0 bridgehead atoms. The Bertz CT molecular complexity index is 640. The number of amides is 2. The Morgan fingerprint density at radius 2 is 1.91 bits per heavy atom. The van der Waals surface area contributed by atoms with Crippen molar-refractivity contribution in [3.8, 4) is 0 Å². The maximum absolute atomic E-state index is 12.8. The normalized spacial score (nSPS) is 22.4. The van der Waals surface area contributed by atoms with E-state index >= 15 is 0 Å². The summed E-state index contributed by atoms with van der Waals surface area (Å²) in [6, 6.07) is 4.08. The lowest BCUT2D eigenvalue weighted by molar-refractivity contribution is -0.141. The summed E-state index contributed by atoms with van der Waals surface area (Å²) in [5.74, 6) is -0.343. The molecule has 1 aliphatic carbocycles. The first-order chi connectivity index (χ1) is 10.8. The van der Waals surface area contributed by atoms with Gasteiger partial charge in [-0.25, -0.2) is 0 Å². The molecule has 1 aromatic carbocycles. The van der Waals surface area contributed by atoms with Gasteiger partial charge in [0.25, 0.3) is 0 Å². The zero-order valence-electron chi connectivity index (χ0n) is 12.6. The first-order valence-corrected chi connectivity index (χ1v) is 7.58. The van der Waals surface area contributed by atoms with Gasteiger partial charge in [-0.3, -0.25) is 9.59 Å². The average molecular weight is 326 g/mol. The number of anilines is 1. The van der Waals surface area contributed by atoms with Crippen molar-refractivity contribution in [2.24, 2.45) is 5.92 Å². The van der Waals surface area contributed by atoms with Gasteiger partial charge in [0, 0.05) is 24.7 Å². The molecule has 3 rings (SSSR count). The number of carbonyl (C=O) groups is 2. The molecule has 1 unspecified atom stereocenters. The monoisotopic (exact) mass is 326 g/mol. The molecule has 1 saturated heterocycles. The van der Waals surface area contributed by atoms with Gasteiger partial charge >= 0.3 is 6.18 Å². The van der Waals surface area contributed by atoms with Crippen molar-refractivity contribution in [2.75, 3.05) is 18.0 Å². The van der Waals surface area contributed by atoms with Crippen LogP contribution in [0.2, 0.25) is 0 Å². The Kier molecular flexibility index (Phi) is 3.82. The van der Waals surface area contributed by atoms with Gasteiger partial charge in [-0.15, -0.1) is 0 Å². The Morgan fingerprint density at radius 3 is 2.52 bits per heavy atom. The summed E-state index contributed by atoms with van der Waals surface area (Å²) in [7, 11) is 0. The number of nitrogens with zero attached hydrogens (tertiary/aromatic N) is 2. The summed E-state index contributed by atoms with van der Waals surface area (Å²) in [5.41, 5.74) is -0.567. The second-order valence-corrected chi connectivity index (χ2v) is 6.02. The van der Waals surface area contributed by atoms with E-state index in [1.165, 1.54) is 17.0 Å². The topological polar surface area (TPSA) is 40.6 Å². The quantitative estimate of drug-likeness (QED) is 0.838. The number of halogens is 3. The molecule has 0 spiro atoms. The molecule has 1 aliphatic heterocycles. The summed E-state index contributed by atoms with van der Waals surface area (Å²) in [4.78, 5) is 27.5. The van der Waals surface area contributed by atoms with Gasteiger partial charge in [0.1, 0.15) is 6.04 Å². The van der Waals surface area contributed by atoms with Crippen LogP contribution in [0.4, 0.5) is 18.9 Å². The largest absolute Gasteiger partial charge is 0.416 e. The van der Waals surface area contributed by atoms with Crippen LogP contribution in [-0.2, 0) is 15.8 Å². The molecule has 0 N–H and O–H groups in total. The van der Waals surface area contributed by atoms with Crippen molar-refractivity contribution in [1.82, 2.24) is 4.90 Å². The molecule has 0 radical (unpaired) electrons. The van der Waals surface area contributed by atoms with Crippen molar-refractivity contribution in [3.63, 3.8) is 0 Å². The van der Waals surface area contributed by atoms with Crippen LogP contribution in [0, 0.1) is 5.92 Å². The van der Waals surface area contributed by atoms with Crippen LogP contribution in [-0.4, -0.2) is 35.8 Å². The minimum absolute atomic E-state index is 0.0188. The summed E-state index contributed by atoms with van der Waals surface area (Å²) < 4.78 is 38.4. The van der Waals surface area contributed by atoms with Crippen LogP contribution in [0.3, 0.4) is 0 Å². The maximum Gasteiger partial charge on any atom is 0.416 e. The Labute approximate surface area is 131 Å². The molecule has 4 nitrogen and oxygen atoms in total. The van der Waals surface area contributed by atoms with E-state index in [0.29, 0.717) is 6.54 Å². The van der Waals surface area contributed by atoms with E-state index in [1.807, 2.05) is 0 Å². The summed E-state index contributed by atoms with van der Waals surface area (Å²) in [5, 5.41) is 0.